The van der Waals surface area contributed by atoms with E-state index in [1.165, 1.54) is 18.8 Å². The third kappa shape index (κ3) is 2.01. The molecule has 0 unspecified atom stereocenters. The van der Waals surface area contributed by atoms with E-state index in [0.29, 0.717) is 17.5 Å². The Bertz CT molecular complexity index is 291. The van der Waals surface area contributed by atoms with Crippen LogP contribution in [0.4, 0.5) is 5.69 Å². The van der Waals surface area contributed by atoms with E-state index in [9.17, 15) is 4.79 Å². The third-order valence-corrected chi connectivity index (χ3v) is 1.58. The Labute approximate surface area is 74.5 Å². The number of nitrogens with two attached hydrogens (primary N) is 1. The number of aromatic nitrogens is 1. The maximum atomic E-state index is 10.4. The summed E-state index contributed by atoms with van der Waals surface area (Å²) in [7, 11) is 1.52. The highest BCUT2D eigenvalue weighted by atomic mass is 35.5. The molecule has 0 aliphatic rings. The predicted molar refractivity (Wildman–Crippen MR) is 43.2 cm³/mol. The molecule has 0 aliphatic carbocycles. The zero-order chi connectivity index (χ0) is 8.97. The summed E-state index contributed by atoms with van der Waals surface area (Å²) >= 11 is 5.60. The first kappa shape index (κ1) is 9.12. The highest BCUT2D eigenvalue weighted by molar-refractivity contribution is 6.31. The minimum atomic E-state index is 0.207. The van der Waals surface area contributed by atoms with Crippen LogP contribution in [0.1, 0.15) is 10.4 Å². The second-order valence-electron chi connectivity index (χ2n) is 2.12. The summed E-state index contributed by atoms with van der Waals surface area (Å²) in [6.07, 6.45) is 2.18. The van der Waals surface area contributed by atoms with Crippen molar-refractivity contribution in [3.63, 3.8) is 0 Å². The van der Waals surface area contributed by atoms with Crippen LogP contribution in [0.3, 0.4) is 0 Å². The van der Waals surface area contributed by atoms with Crippen LogP contribution < -0.4 is 5.48 Å². The van der Waals surface area contributed by atoms with Gasteiger partial charge in [0, 0.05) is 6.07 Å². The molecule has 0 aliphatic heterocycles. The van der Waals surface area contributed by atoms with Crippen LogP contribution in [-0.2, 0) is 4.84 Å². The second kappa shape index (κ2) is 4.15. The molecule has 64 valence electrons. The van der Waals surface area contributed by atoms with Crippen molar-refractivity contribution in [2.45, 2.75) is 0 Å². The molecule has 0 saturated carbocycles. The lowest BCUT2D eigenvalue weighted by molar-refractivity contribution is -0.830. The summed E-state index contributed by atoms with van der Waals surface area (Å²) in [6.45, 7) is 0. The van der Waals surface area contributed by atoms with Crippen molar-refractivity contribution in [1.82, 2.24) is 4.98 Å². The van der Waals surface area contributed by atoms with Crippen LogP contribution in [0.5, 0.6) is 0 Å². The zero-order valence-corrected chi connectivity index (χ0v) is 7.21. The van der Waals surface area contributed by atoms with Crippen molar-refractivity contribution in [3.8, 4) is 0 Å². The zero-order valence-electron chi connectivity index (χ0n) is 6.45. The van der Waals surface area contributed by atoms with Gasteiger partial charge in [-0.25, -0.2) is 9.82 Å². The van der Waals surface area contributed by atoms with E-state index in [1.54, 1.807) is 6.07 Å². The van der Waals surface area contributed by atoms with E-state index >= 15 is 0 Å². The average Bonchev–Trinajstić information content (AvgIpc) is 2.09. The number of rotatable bonds is 3. The van der Waals surface area contributed by atoms with E-state index < -0.39 is 0 Å². The fraction of sp³-hybridized carbons (Fsp3) is 0.143. The fourth-order valence-electron chi connectivity index (χ4n) is 0.765. The molecule has 1 aromatic rings. The van der Waals surface area contributed by atoms with Gasteiger partial charge in [0.1, 0.15) is 5.15 Å². The molecule has 0 aromatic carbocycles. The summed E-state index contributed by atoms with van der Waals surface area (Å²) in [5, 5.41) is 0.207. The molecular formula is C7H8ClN2O2+. The first-order chi connectivity index (χ1) is 5.77. The minimum absolute atomic E-state index is 0.207. The second-order valence-corrected chi connectivity index (χ2v) is 2.48. The number of carbonyl (C=O) groups excluding carboxylic acids is 1. The van der Waals surface area contributed by atoms with E-state index in [1.807, 2.05) is 0 Å². The molecule has 0 bridgehead atoms. The van der Waals surface area contributed by atoms with Crippen LogP contribution >= 0.6 is 11.6 Å². The van der Waals surface area contributed by atoms with Crippen molar-refractivity contribution in [2.24, 2.45) is 0 Å². The molecule has 0 spiro atoms. The van der Waals surface area contributed by atoms with E-state index in [4.69, 9.17) is 16.4 Å². The summed E-state index contributed by atoms with van der Waals surface area (Å²) in [6, 6.07) is 1.60. The van der Waals surface area contributed by atoms with Gasteiger partial charge in [-0.15, -0.1) is 0 Å². The monoisotopic (exact) mass is 187 g/mol. The standard InChI is InChI=1S/C7H7ClN2O2/c1-12-10-6-2-5(4-11)7(8)9-3-6/h2-4,10H,1H3/p+1. The molecule has 0 fully saturated rings. The number of halogens is 1. The van der Waals surface area contributed by atoms with E-state index in [2.05, 4.69) is 4.98 Å². The molecule has 0 atom stereocenters. The molecule has 1 aromatic heterocycles. The van der Waals surface area contributed by atoms with Gasteiger partial charge in [-0.1, -0.05) is 11.6 Å². The van der Waals surface area contributed by atoms with Crippen LogP contribution in [0.15, 0.2) is 12.3 Å². The molecule has 12 heavy (non-hydrogen) atoms. The van der Waals surface area contributed by atoms with E-state index in [-0.39, 0.29) is 5.15 Å². The lowest BCUT2D eigenvalue weighted by atomic mass is 10.3. The van der Waals surface area contributed by atoms with Gasteiger partial charge < -0.3 is 0 Å². The van der Waals surface area contributed by atoms with E-state index in [0.717, 1.165) is 0 Å². The van der Waals surface area contributed by atoms with Gasteiger partial charge in [-0.05, 0) is 0 Å². The Morgan fingerprint density at radius 3 is 3.08 bits per heavy atom. The van der Waals surface area contributed by atoms with Gasteiger partial charge >= 0.3 is 0 Å². The summed E-state index contributed by atoms with van der Waals surface area (Å²) in [4.78, 5) is 18.9. The average molecular weight is 188 g/mol. The highest BCUT2D eigenvalue weighted by Gasteiger charge is 2.04. The first-order valence-electron chi connectivity index (χ1n) is 3.24. The molecule has 0 saturated heterocycles. The molecule has 1 rings (SSSR count). The van der Waals surface area contributed by atoms with Crippen LogP contribution in [0.2, 0.25) is 5.15 Å². The minimum Gasteiger partial charge on any atom is -0.298 e. The number of pyridine rings is 1. The largest absolute Gasteiger partial charge is 0.298 e. The molecule has 2 N–H and O–H groups in total. The number of hydrogen-bond acceptors (Lipinski definition) is 3. The number of hydrogen-bond donors (Lipinski definition) is 1. The lowest BCUT2D eigenvalue weighted by Gasteiger charge is -1.97. The third-order valence-electron chi connectivity index (χ3n) is 1.27. The fourth-order valence-corrected chi connectivity index (χ4v) is 0.913. The van der Waals surface area contributed by atoms with Crippen molar-refractivity contribution >= 4 is 23.6 Å². The maximum Gasteiger partial charge on any atom is 0.181 e. The van der Waals surface area contributed by atoms with Crippen molar-refractivity contribution in [1.29, 1.82) is 0 Å². The van der Waals surface area contributed by atoms with Gasteiger partial charge in [-0.3, -0.25) is 4.79 Å². The van der Waals surface area contributed by atoms with Gasteiger partial charge in [0.15, 0.2) is 12.0 Å². The molecule has 4 nitrogen and oxygen atoms in total. The molecule has 0 radical (unpaired) electrons. The van der Waals surface area contributed by atoms with Crippen LogP contribution in [-0.4, -0.2) is 18.4 Å². The van der Waals surface area contributed by atoms with Gasteiger partial charge in [-0.2, -0.15) is 5.48 Å². The maximum absolute atomic E-state index is 10.4. The summed E-state index contributed by atoms with van der Waals surface area (Å²) < 4.78 is 0. The normalized spacial score (nSPS) is 9.83. The SMILES string of the molecule is CO[NH2+]c1cnc(Cl)c(C=O)c1. The smallest absolute Gasteiger partial charge is 0.181 e. The van der Waals surface area contributed by atoms with Crippen LogP contribution in [0.25, 0.3) is 0 Å². The summed E-state index contributed by atoms with van der Waals surface area (Å²) in [5.41, 5.74) is 2.56. The van der Waals surface area contributed by atoms with Gasteiger partial charge in [0.25, 0.3) is 0 Å². The number of aldehydes is 1. The van der Waals surface area contributed by atoms with Crippen molar-refractivity contribution in [2.75, 3.05) is 7.11 Å². The Morgan fingerprint density at radius 1 is 1.75 bits per heavy atom. The number of quaternary nitrogens is 1. The number of carbonyl (C=O) groups is 1. The van der Waals surface area contributed by atoms with Crippen LogP contribution in [0, 0.1) is 0 Å². The number of nitrogens with zero attached hydrogens (tertiary/aromatic N) is 1. The highest BCUT2D eigenvalue weighted by Crippen LogP contribution is 2.11. The molecule has 1 heterocycles. The Morgan fingerprint density at radius 2 is 2.50 bits per heavy atom. The van der Waals surface area contributed by atoms with Gasteiger partial charge in [0.05, 0.1) is 18.9 Å². The Balaban J connectivity index is 2.96. The summed E-state index contributed by atoms with van der Waals surface area (Å²) in [5.74, 6) is 0. The molecular weight excluding hydrogens is 180 g/mol. The first-order valence-corrected chi connectivity index (χ1v) is 3.62. The topological polar surface area (TPSA) is 55.8 Å². The molecule has 0 amide bonds. The Kier molecular flexibility index (Phi) is 3.16. The Hall–Kier alpha value is -0.970. The molecule has 5 heteroatoms. The van der Waals surface area contributed by atoms with Crippen molar-refractivity contribution in [3.05, 3.63) is 23.0 Å². The predicted octanol–water partition coefficient (Wildman–Crippen LogP) is 0.304. The quantitative estimate of drug-likeness (QED) is 0.421. The van der Waals surface area contributed by atoms with Crippen molar-refractivity contribution < 1.29 is 15.1 Å². The lowest BCUT2D eigenvalue weighted by Crippen LogP contribution is -2.76. The van der Waals surface area contributed by atoms with Gasteiger partial charge in [0.2, 0.25) is 0 Å².